The van der Waals surface area contributed by atoms with E-state index < -0.39 is 0 Å². The Morgan fingerprint density at radius 3 is 2.57 bits per heavy atom. The number of alkyl halides is 1. The van der Waals surface area contributed by atoms with Crippen molar-refractivity contribution in [3.63, 3.8) is 0 Å². The van der Waals surface area contributed by atoms with Crippen molar-refractivity contribution in [1.82, 2.24) is 0 Å². The molecule has 0 bridgehead atoms. The minimum Gasteiger partial charge on any atom is -0.0967 e. The fourth-order valence-electron chi connectivity index (χ4n) is 0.116. The van der Waals surface area contributed by atoms with Crippen molar-refractivity contribution in [2.45, 2.75) is 0 Å². The van der Waals surface area contributed by atoms with Crippen LogP contribution >= 0.6 is 43.5 Å². The quantitative estimate of drug-likeness (QED) is 0.493. The Labute approximate surface area is 64.5 Å². The van der Waals surface area contributed by atoms with E-state index in [1.807, 2.05) is 0 Å². The van der Waals surface area contributed by atoms with Crippen LogP contribution in [0.15, 0.2) is 15.7 Å². The Bertz CT molecular complexity index is 98.3. The molecule has 40 valence electrons. The molecule has 0 unspecified atom stereocenters. The van der Waals surface area contributed by atoms with Crippen LogP contribution in [0.5, 0.6) is 0 Å². The van der Waals surface area contributed by atoms with E-state index in [4.69, 9.17) is 11.6 Å². The predicted octanol–water partition coefficient (Wildman–Crippen LogP) is 3.01. The Hall–Kier alpha value is 0.770. The molecule has 0 aromatic rings. The van der Waals surface area contributed by atoms with Gasteiger partial charge in [0.25, 0.3) is 0 Å². The van der Waals surface area contributed by atoms with Gasteiger partial charge in [-0.25, -0.2) is 0 Å². The van der Waals surface area contributed by atoms with Gasteiger partial charge in [0.05, 0.1) is 0 Å². The molecule has 0 rings (SSSR count). The molecule has 0 atom stereocenters. The van der Waals surface area contributed by atoms with Gasteiger partial charge in [-0.05, 0) is 22.0 Å². The number of allylic oxidation sites excluding steroid dienone is 1. The minimum absolute atomic E-state index is 0.506. The molecule has 3 heteroatoms. The summed E-state index contributed by atoms with van der Waals surface area (Å²) in [6, 6.07) is 0. The summed E-state index contributed by atoms with van der Waals surface area (Å²) in [7, 11) is 0. The Kier molecular flexibility index (Phi) is 5.46. The van der Waals surface area contributed by atoms with Crippen LogP contribution in [0.25, 0.3) is 0 Å². The van der Waals surface area contributed by atoms with Crippen LogP contribution in [-0.4, -0.2) is 5.33 Å². The molecule has 0 N–H and O–H groups in total. The maximum absolute atomic E-state index is 5.33. The summed E-state index contributed by atoms with van der Waals surface area (Å²) in [5, 5.41) is 0.787. The summed E-state index contributed by atoms with van der Waals surface area (Å²) in [5.41, 5.74) is 2.72. The minimum atomic E-state index is 0.506. The van der Waals surface area contributed by atoms with Gasteiger partial charge < -0.3 is 0 Å². The van der Waals surface area contributed by atoms with Gasteiger partial charge >= 0.3 is 0 Å². The first kappa shape index (κ1) is 7.77. The Morgan fingerprint density at radius 1 is 1.86 bits per heavy atom. The van der Waals surface area contributed by atoms with Crippen molar-refractivity contribution in [1.29, 1.82) is 0 Å². The largest absolute Gasteiger partial charge is 0.125 e. The second-order valence-electron chi connectivity index (χ2n) is 0.763. The van der Waals surface area contributed by atoms with E-state index in [0.717, 1.165) is 5.33 Å². The van der Waals surface area contributed by atoms with Gasteiger partial charge in [-0.3, -0.25) is 0 Å². The summed E-state index contributed by atoms with van der Waals surface area (Å²) in [6.45, 7) is 0. The Morgan fingerprint density at radius 2 is 2.43 bits per heavy atom. The summed E-state index contributed by atoms with van der Waals surface area (Å²) >= 11 is 11.5. The molecule has 0 fully saturated rings. The number of halogens is 3. The van der Waals surface area contributed by atoms with Crippen molar-refractivity contribution in [2.75, 3.05) is 5.33 Å². The van der Waals surface area contributed by atoms with Gasteiger partial charge in [0.15, 0.2) is 0 Å². The molecule has 0 saturated carbocycles. The second-order valence-corrected chi connectivity index (χ2v) is 3.04. The van der Waals surface area contributed by atoms with Gasteiger partial charge in [-0.1, -0.05) is 33.3 Å². The van der Waals surface area contributed by atoms with Gasteiger partial charge in [-0.2, -0.15) is 0 Å². The normalized spacial score (nSPS) is 7.29. The molecular weight excluding hydrogens is 243 g/mol. The maximum atomic E-state index is 5.33. The number of hydrogen-bond donors (Lipinski definition) is 0. The lowest BCUT2D eigenvalue weighted by molar-refractivity contribution is 1.84. The van der Waals surface area contributed by atoms with Crippen molar-refractivity contribution in [3.8, 4) is 0 Å². The monoisotopic (exact) mass is 244 g/mol. The maximum Gasteiger partial charge on any atom is 0.125 e. The van der Waals surface area contributed by atoms with Crippen LogP contribution in [0, 0.1) is 0 Å². The first-order valence-electron chi connectivity index (χ1n) is 1.59. The molecule has 0 nitrogen and oxygen atoms in total. The third-order valence-electron chi connectivity index (χ3n) is 0.288. The van der Waals surface area contributed by atoms with E-state index in [-0.39, 0.29) is 0 Å². The zero-order chi connectivity index (χ0) is 5.70. The first-order valence-corrected chi connectivity index (χ1v) is 3.88. The van der Waals surface area contributed by atoms with E-state index in [1.165, 1.54) is 0 Å². The highest BCUT2D eigenvalue weighted by molar-refractivity contribution is 9.12. The molecule has 0 radical (unpaired) electrons. The molecule has 0 saturated heterocycles. The van der Waals surface area contributed by atoms with Crippen LogP contribution < -0.4 is 0 Å². The highest BCUT2D eigenvalue weighted by Gasteiger charge is 1.70. The van der Waals surface area contributed by atoms with E-state index >= 15 is 0 Å². The fraction of sp³-hybridized carbons (Fsp3) is 0.250. The van der Waals surface area contributed by atoms with Crippen LogP contribution in [-0.2, 0) is 0 Å². The van der Waals surface area contributed by atoms with Gasteiger partial charge in [-0.15, -0.1) is 0 Å². The zero-order valence-electron chi connectivity index (χ0n) is 3.42. The molecule has 0 heterocycles. The molecule has 0 aliphatic rings. The SMILES string of the molecule is ClC(Br)=C=CCBr. The van der Waals surface area contributed by atoms with Crippen molar-refractivity contribution < 1.29 is 0 Å². The van der Waals surface area contributed by atoms with Crippen molar-refractivity contribution in [3.05, 3.63) is 15.7 Å². The summed E-state index contributed by atoms with van der Waals surface area (Å²) in [5.74, 6) is 0. The standard InChI is InChI=1S/C4H3Br2Cl/c5-3-1-2-4(6)7/h1H,3H2. The lowest BCUT2D eigenvalue weighted by Crippen LogP contribution is -1.50. The molecular formula is C4H3Br2Cl. The summed E-state index contributed by atoms with van der Waals surface area (Å²) in [6.07, 6.45) is 1.77. The van der Waals surface area contributed by atoms with Gasteiger partial charge in [0.2, 0.25) is 0 Å². The summed E-state index contributed by atoms with van der Waals surface area (Å²) < 4.78 is 0.506. The average Bonchev–Trinajstić information content (AvgIpc) is 1.61. The van der Waals surface area contributed by atoms with E-state index in [1.54, 1.807) is 6.08 Å². The lowest BCUT2D eigenvalue weighted by atomic mass is 10.7. The molecule has 0 aromatic carbocycles. The third kappa shape index (κ3) is 6.77. The molecule has 0 spiro atoms. The molecule has 0 amide bonds. The first-order chi connectivity index (χ1) is 3.27. The highest BCUT2D eigenvalue weighted by Crippen LogP contribution is 2.06. The van der Waals surface area contributed by atoms with Crippen molar-refractivity contribution >= 4 is 43.5 Å². The fourth-order valence-corrected chi connectivity index (χ4v) is 0.517. The topological polar surface area (TPSA) is 0 Å². The smallest absolute Gasteiger partial charge is 0.0967 e. The van der Waals surface area contributed by atoms with Gasteiger partial charge in [0.1, 0.15) is 3.94 Å². The zero-order valence-corrected chi connectivity index (χ0v) is 7.35. The van der Waals surface area contributed by atoms with E-state index in [9.17, 15) is 0 Å². The summed E-state index contributed by atoms with van der Waals surface area (Å²) in [4.78, 5) is 0. The van der Waals surface area contributed by atoms with Crippen LogP contribution in [0.4, 0.5) is 0 Å². The van der Waals surface area contributed by atoms with Crippen LogP contribution in [0.1, 0.15) is 0 Å². The number of rotatable bonds is 1. The Balaban J connectivity index is 3.62. The van der Waals surface area contributed by atoms with Crippen molar-refractivity contribution in [2.24, 2.45) is 0 Å². The highest BCUT2D eigenvalue weighted by atomic mass is 79.9. The molecule has 7 heavy (non-hydrogen) atoms. The van der Waals surface area contributed by atoms with Gasteiger partial charge in [0, 0.05) is 5.33 Å². The molecule has 0 aromatic heterocycles. The lowest BCUT2D eigenvalue weighted by Gasteiger charge is -1.67. The average molecular weight is 246 g/mol. The number of hydrogen-bond acceptors (Lipinski definition) is 0. The van der Waals surface area contributed by atoms with E-state index in [2.05, 4.69) is 37.6 Å². The van der Waals surface area contributed by atoms with E-state index in [0.29, 0.717) is 3.94 Å². The predicted molar refractivity (Wildman–Crippen MR) is 40.2 cm³/mol. The third-order valence-corrected chi connectivity index (χ3v) is 0.950. The van der Waals surface area contributed by atoms with Crippen LogP contribution in [0.2, 0.25) is 0 Å². The molecule has 0 aliphatic heterocycles. The molecule has 0 aliphatic carbocycles. The van der Waals surface area contributed by atoms with Crippen LogP contribution in [0.3, 0.4) is 0 Å². The second kappa shape index (κ2) is 4.92.